The Balaban J connectivity index is 1.64. The van der Waals surface area contributed by atoms with Gasteiger partial charge in [0.1, 0.15) is 12.4 Å². The minimum absolute atomic E-state index is 0.543. The molecule has 0 aliphatic rings. The molecule has 0 aliphatic carbocycles. The van der Waals surface area contributed by atoms with Crippen LogP contribution in [0.25, 0.3) is 11.4 Å². The zero-order chi connectivity index (χ0) is 17.5. The molecule has 130 valence electrons. The van der Waals surface area contributed by atoms with E-state index in [1.54, 1.807) is 11.8 Å². The zero-order valence-corrected chi connectivity index (χ0v) is 14.3. The molecule has 1 heterocycles. The molecule has 1 N–H and O–H groups in total. The summed E-state index contributed by atoms with van der Waals surface area (Å²) in [5, 5.41) is 15.0. The second kappa shape index (κ2) is 8.25. The molecule has 0 unspecified atom stereocenters. The molecule has 0 atom stereocenters. The van der Waals surface area contributed by atoms with Gasteiger partial charge in [-0.15, -0.1) is 5.10 Å². The van der Waals surface area contributed by atoms with E-state index in [2.05, 4.69) is 26.9 Å². The van der Waals surface area contributed by atoms with Crippen LogP contribution in [0, 0.1) is 0 Å². The molecule has 0 amide bonds. The summed E-state index contributed by atoms with van der Waals surface area (Å²) in [5.41, 5.74) is 3.11. The molecule has 1 aromatic heterocycles. The van der Waals surface area contributed by atoms with Crippen LogP contribution in [0.15, 0.2) is 48.5 Å². The van der Waals surface area contributed by atoms with Gasteiger partial charge in [-0.1, -0.05) is 24.3 Å². The summed E-state index contributed by atoms with van der Waals surface area (Å²) in [4.78, 5) is 0. The van der Waals surface area contributed by atoms with Gasteiger partial charge in [0.25, 0.3) is 0 Å². The molecule has 2 aromatic carbocycles. The fraction of sp³-hybridized carbons (Fsp3) is 0.278. The van der Waals surface area contributed by atoms with Crippen LogP contribution in [-0.4, -0.2) is 40.5 Å². The predicted octanol–water partition coefficient (Wildman–Crippen LogP) is 2.51. The smallest absolute Gasteiger partial charge is 0.181 e. The van der Waals surface area contributed by atoms with E-state index < -0.39 is 0 Å². The molecule has 0 spiro atoms. The van der Waals surface area contributed by atoms with Crippen LogP contribution < -0.4 is 10.1 Å². The Hall–Kier alpha value is -2.93. The Labute approximate surface area is 146 Å². The number of rotatable bonds is 8. The normalized spacial score (nSPS) is 10.6. The van der Waals surface area contributed by atoms with Crippen molar-refractivity contribution in [2.45, 2.75) is 6.54 Å². The summed E-state index contributed by atoms with van der Waals surface area (Å²) in [6, 6.07) is 16.0. The van der Waals surface area contributed by atoms with Crippen molar-refractivity contribution in [2.24, 2.45) is 7.05 Å². The largest absolute Gasteiger partial charge is 0.491 e. The molecule has 0 bridgehead atoms. The quantitative estimate of drug-likeness (QED) is 0.636. The number of nitrogens with zero attached hydrogens (tertiary/aromatic N) is 4. The summed E-state index contributed by atoms with van der Waals surface area (Å²) in [6.07, 6.45) is 0. The van der Waals surface area contributed by atoms with Gasteiger partial charge in [-0.3, -0.25) is 0 Å². The number of hydrogen-bond acceptors (Lipinski definition) is 6. The van der Waals surface area contributed by atoms with Gasteiger partial charge in [0.2, 0.25) is 0 Å². The highest BCUT2D eigenvalue weighted by Gasteiger charge is 2.06. The predicted molar refractivity (Wildman–Crippen MR) is 95.4 cm³/mol. The van der Waals surface area contributed by atoms with Gasteiger partial charge in [0.15, 0.2) is 5.82 Å². The van der Waals surface area contributed by atoms with Crippen LogP contribution in [0.2, 0.25) is 0 Å². The standard InChI is InChI=1S/C18H21N5O2/c1-23-18(20-21-22-23)15-6-4-7-16(12-15)19-13-14-5-3-8-17(11-14)25-10-9-24-2/h3-8,11-12,19H,9-10,13H2,1-2H3. The minimum atomic E-state index is 0.543. The van der Waals surface area contributed by atoms with Crippen LogP contribution in [-0.2, 0) is 18.3 Å². The van der Waals surface area contributed by atoms with Crippen molar-refractivity contribution in [1.82, 2.24) is 20.2 Å². The first-order valence-electron chi connectivity index (χ1n) is 8.03. The highest BCUT2D eigenvalue weighted by Crippen LogP contribution is 2.20. The lowest BCUT2D eigenvalue weighted by Gasteiger charge is -2.10. The molecule has 0 saturated heterocycles. The monoisotopic (exact) mass is 339 g/mol. The van der Waals surface area contributed by atoms with Crippen LogP contribution >= 0.6 is 0 Å². The summed E-state index contributed by atoms with van der Waals surface area (Å²) in [6.45, 7) is 1.81. The van der Waals surface area contributed by atoms with Gasteiger partial charge in [0, 0.05) is 32.0 Å². The second-order valence-corrected chi connectivity index (χ2v) is 5.55. The average Bonchev–Trinajstić information content (AvgIpc) is 3.07. The Morgan fingerprint density at radius 1 is 1.08 bits per heavy atom. The van der Waals surface area contributed by atoms with Gasteiger partial charge in [0.05, 0.1) is 6.61 Å². The van der Waals surface area contributed by atoms with Crippen LogP contribution in [0.5, 0.6) is 5.75 Å². The molecule has 0 saturated carbocycles. The van der Waals surface area contributed by atoms with E-state index in [0.717, 1.165) is 28.4 Å². The van der Waals surface area contributed by atoms with Gasteiger partial charge in [-0.2, -0.15) is 0 Å². The minimum Gasteiger partial charge on any atom is -0.491 e. The van der Waals surface area contributed by atoms with Gasteiger partial charge >= 0.3 is 0 Å². The number of tetrazole rings is 1. The number of aromatic nitrogens is 4. The first-order valence-corrected chi connectivity index (χ1v) is 8.03. The number of benzene rings is 2. The SMILES string of the molecule is COCCOc1cccc(CNc2cccc(-c3nnnn3C)c2)c1. The molecule has 0 fully saturated rings. The fourth-order valence-corrected chi connectivity index (χ4v) is 2.43. The molecule has 25 heavy (non-hydrogen) atoms. The number of nitrogens with one attached hydrogen (secondary N) is 1. The van der Waals surface area contributed by atoms with E-state index in [-0.39, 0.29) is 0 Å². The van der Waals surface area contributed by atoms with Crippen molar-refractivity contribution in [2.75, 3.05) is 25.6 Å². The Morgan fingerprint density at radius 2 is 1.96 bits per heavy atom. The van der Waals surface area contributed by atoms with Crippen molar-refractivity contribution >= 4 is 5.69 Å². The fourth-order valence-electron chi connectivity index (χ4n) is 2.43. The van der Waals surface area contributed by atoms with Crippen molar-refractivity contribution in [3.63, 3.8) is 0 Å². The number of aryl methyl sites for hydroxylation is 1. The van der Waals surface area contributed by atoms with Gasteiger partial charge < -0.3 is 14.8 Å². The van der Waals surface area contributed by atoms with Crippen molar-refractivity contribution in [3.05, 3.63) is 54.1 Å². The van der Waals surface area contributed by atoms with Gasteiger partial charge in [-0.25, -0.2) is 4.68 Å². The number of methoxy groups -OCH3 is 1. The maximum Gasteiger partial charge on any atom is 0.181 e. The van der Waals surface area contributed by atoms with E-state index in [1.807, 2.05) is 49.5 Å². The maximum atomic E-state index is 5.64. The third kappa shape index (κ3) is 4.54. The van der Waals surface area contributed by atoms with Crippen LogP contribution in [0.4, 0.5) is 5.69 Å². The third-order valence-corrected chi connectivity index (χ3v) is 3.69. The van der Waals surface area contributed by atoms with E-state index in [4.69, 9.17) is 9.47 Å². The molecular formula is C18H21N5O2. The molecule has 7 heteroatoms. The van der Waals surface area contributed by atoms with Gasteiger partial charge in [-0.05, 0) is 40.3 Å². The number of hydrogen-bond donors (Lipinski definition) is 1. The first kappa shape index (κ1) is 16.9. The van der Waals surface area contributed by atoms with E-state index in [1.165, 1.54) is 0 Å². The van der Waals surface area contributed by atoms with Crippen molar-refractivity contribution < 1.29 is 9.47 Å². The molecular weight excluding hydrogens is 318 g/mol. The summed E-state index contributed by atoms with van der Waals surface area (Å²) >= 11 is 0. The van der Waals surface area contributed by atoms with E-state index in [0.29, 0.717) is 19.8 Å². The Morgan fingerprint density at radius 3 is 2.76 bits per heavy atom. The maximum absolute atomic E-state index is 5.64. The van der Waals surface area contributed by atoms with Crippen LogP contribution in [0.1, 0.15) is 5.56 Å². The molecule has 7 nitrogen and oxygen atoms in total. The summed E-state index contributed by atoms with van der Waals surface area (Å²) in [7, 11) is 3.49. The lowest BCUT2D eigenvalue weighted by atomic mass is 10.1. The average molecular weight is 339 g/mol. The number of ether oxygens (including phenoxy) is 2. The molecule has 0 radical (unpaired) electrons. The van der Waals surface area contributed by atoms with E-state index >= 15 is 0 Å². The Kier molecular flexibility index (Phi) is 5.58. The first-order chi connectivity index (χ1) is 12.3. The zero-order valence-electron chi connectivity index (χ0n) is 14.3. The summed E-state index contributed by atoms with van der Waals surface area (Å²) in [5.74, 6) is 1.58. The molecule has 3 aromatic rings. The van der Waals surface area contributed by atoms with Crippen LogP contribution in [0.3, 0.4) is 0 Å². The Bertz CT molecular complexity index is 818. The lowest BCUT2D eigenvalue weighted by molar-refractivity contribution is 0.146. The molecule has 0 aliphatic heterocycles. The molecule has 3 rings (SSSR count). The third-order valence-electron chi connectivity index (χ3n) is 3.69. The summed E-state index contributed by atoms with van der Waals surface area (Å²) < 4.78 is 12.3. The van der Waals surface area contributed by atoms with Crippen molar-refractivity contribution in [3.8, 4) is 17.1 Å². The second-order valence-electron chi connectivity index (χ2n) is 5.55. The lowest BCUT2D eigenvalue weighted by Crippen LogP contribution is -2.05. The highest BCUT2D eigenvalue weighted by atomic mass is 16.5. The highest BCUT2D eigenvalue weighted by molar-refractivity contribution is 5.62. The number of anilines is 1. The topological polar surface area (TPSA) is 74.1 Å². The van der Waals surface area contributed by atoms with E-state index in [9.17, 15) is 0 Å². The van der Waals surface area contributed by atoms with Crippen molar-refractivity contribution in [1.29, 1.82) is 0 Å².